The summed E-state index contributed by atoms with van der Waals surface area (Å²) in [5.74, 6) is 1.87. The van der Waals surface area contributed by atoms with Crippen molar-refractivity contribution in [3.63, 3.8) is 0 Å². The van der Waals surface area contributed by atoms with Gasteiger partial charge in [0.2, 0.25) is 7.12 Å². The van der Waals surface area contributed by atoms with E-state index in [9.17, 15) is 0 Å². The maximum atomic E-state index is 6.50. The van der Waals surface area contributed by atoms with E-state index in [-0.39, 0.29) is 0 Å². The second-order valence-corrected chi connectivity index (χ2v) is 17.8. The SMILES string of the molecule is CC(C)c1cccc(C(C)C)c1-n1ccn([B-](n2ccn(-c3c(C(C)C)cccc3C(C)C)c2=S)n2ccn(-c3c(C(C)C)cccc3C(C)C)c2=S)c1=S. The zero-order chi connectivity index (χ0) is 40.0. The van der Waals surface area contributed by atoms with Gasteiger partial charge in [-0.2, -0.15) is 0 Å². The molecule has 6 aromatic rings. The van der Waals surface area contributed by atoms with Crippen LogP contribution in [0.5, 0.6) is 0 Å². The highest BCUT2D eigenvalue weighted by Crippen LogP contribution is 2.35. The minimum atomic E-state index is -0.521. The standard InChI is InChI=1S/C45H57BN6S3/c1-28(2)34-16-13-17-35(29(3)4)40(34)47-22-25-50(43(47)53)46(51-26-23-48(44(51)54)41-36(30(5)6)18-14-19-37(41)31(7)8)52-27-24-49(45(52)55)42-38(32(9)10)20-15-21-39(42)33(11)12/h13-33H,1-12H3/q-1. The second kappa shape index (κ2) is 16.2. The van der Waals surface area contributed by atoms with Crippen molar-refractivity contribution in [2.24, 2.45) is 0 Å². The van der Waals surface area contributed by atoms with Gasteiger partial charge in [0.15, 0.2) is 0 Å². The molecule has 10 heteroatoms. The molecular formula is C45H57BN6S3-. The van der Waals surface area contributed by atoms with Gasteiger partial charge >= 0.3 is 0 Å². The molecule has 0 aliphatic rings. The van der Waals surface area contributed by atoms with Crippen molar-refractivity contribution in [2.75, 3.05) is 0 Å². The summed E-state index contributed by atoms with van der Waals surface area (Å²) in [6.45, 7) is 27.0. The third-order valence-electron chi connectivity index (χ3n) is 10.9. The van der Waals surface area contributed by atoms with Gasteiger partial charge in [0, 0.05) is 18.6 Å². The van der Waals surface area contributed by atoms with Crippen molar-refractivity contribution in [3.05, 3.63) is 139 Å². The number of nitrogens with zero attached hydrogens (tertiary/aromatic N) is 6. The Morgan fingerprint density at radius 1 is 0.345 bits per heavy atom. The van der Waals surface area contributed by atoms with Gasteiger partial charge < -0.3 is 13.4 Å². The molecule has 1 radical (unpaired) electrons. The fraction of sp³-hybridized carbons (Fsp3) is 0.400. The maximum Gasteiger partial charge on any atom is 0.209 e. The highest BCUT2D eigenvalue weighted by molar-refractivity contribution is 7.71. The highest BCUT2D eigenvalue weighted by atomic mass is 32.1. The third-order valence-corrected chi connectivity index (χ3v) is 12.1. The van der Waals surface area contributed by atoms with Crippen molar-refractivity contribution < 1.29 is 0 Å². The number of hydrogen-bond donors (Lipinski definition) is 0. The summed E-state index contributed by atoms with van der Waals surface area (Å²) in [6, 6.07) is 19.9. The lowest BCUT2D eigenvalue weighted by Crippen LogP contribution is -2.41. The van der Waals surface area contributed by atoms with Crippen LogP contribution in [0.15, 0.2) is 91.8 Å². The topological polar surface area (TPSA) is 29.6 Å². The Labute approximate surface area is 344 Å². The van der Waals surface area contributed by atoms with Crippen LogP contribution in [0.1, 0.15) is 152 Å². The van der Waals surface area contributed by atoms with Gasteiger partial charge in [-0.15, -0.1) is 0 Å². The Hall–Kier alpha value is -3.99. The van der Waals surface area contributed by atoms with E-state index in [1.807, 2.05) is 0 Å². The Morgan fingerprint density at radius 3 is 0.727 bits per heavy atom. The lowest BCUT2D eigenvalue weighted by molar-refractivity contribution is 0.791. The summed E-state index contributed by atoms with van der Waals surface area (Å²) < 4.78 is 15.0. The van der Waals surface area contributed by atoms with Gasteiger partial charge in [-0.25, -0.2) is 0 Å². The van der Waals surface area contributed by atoms with Crippen LogP contribution in [0, 0.1) is 14.3 Å². The third kappa shape index (κ3) is 7.38. The summed E-state index contributed by atoms with van der Waals surface area (Å²) in [5.41, 5.74) is 11.0. The van der Waals surface area contributed by atoms with Crippen LogP contribution in [-0.2, 0) is 0 Å². The van der Waals surface area contributed by atoms with Crippen molar-refractivity contribution >= 4 is 43.8 Å². The first-order valence-corrected chi connectivity index (χ1v) is 21.1. The molecular weight excluding hydrogens is 732 g/mol. The average molecular weight is 789 g/mol. The summed E-state index contributed by atoms with van der Waals surface area (Å²) >= 11 is 19.5. The molecule has 0 aliphatic carbocycles. The van der Waals surface area contributed by atoms with Crippen LogP contribution in [0.2, 0.25) is 0 Å². The molecule has 6 nitrogen and oxygen atoms in total. The number of hydrogen-bond acceptors (Lipinski definition) is 3. The first-order chi connectivity index (χ1) is 26.1. The first kappa shape index (κ1) is 40.7. The molecule has 289 valence electrons. The van der Waals surface area contributed by atoms with E-state index in [0.29, 0.717) is 49.8 Å². The Balaban J connectivity index is 1.67. The molecule has 0 N–H and O–H groups in total. The van der Waals surface area contributed by atoms with Gasteiger partial charge in [-0.1, -0.05) is 138 Å². The molecule has 55 heavy (non-hydrogen) atoms. The predicted molar refractivity (Wildman–Crippen MR) is 240 cm³/mol. The summed E-state index contributed by atoms with van der Waals surface area (Å²) in [6.07, 6.45) is 12.6. The van der Waals surface area contributed by atoms with Gasteiger partial charge in [-0.05, 0) is 124 Å². The van der Waals surface area contributed by atoms with Crippen LogP contribution in [-0.4, -0.2) is 34.3 Å². The number of imidazole rings is 3. The number of aromatic nitrogens is 6. The number of rotatable bonds is 12. The van der Waals surface area contributed by atoms with Crippen molar-refractivity contribution in [1.29, 1.82) is 0 Å². The van der Waals surface area contributed by atoms with Crippen molar-refractivity contribution in [3.8, 4) is 17.1 Å². The maximum absolute atomic E-state index is 6.50. The quantitative estimate of drug-likeness (QED) is 0.0914. The van der Waals surface area contributed by atoms with Crippen LogP contribution in [0.3, 0.4) is 0 Å². The van der Waals surface area contributed by atoms with Gasteiger partial charge in [0.05, 0.1) is 17.1 Å². The molecule has 0 spiro atoms. The largest absolute Gasteiger partial charge is 0.483 e. The van der Waals surface area contributed by atoms with Crippen LogP contribution in [0.4, 0.5) is 0 Å². The zero-order valence-electron chi connectivity index (χ0n) is 34.6. The van der Waals surface area contributed by atoms with Gasteiger partial charge in [0.1, 0.15) is 14.3 Å². The van der Waals surface area contributed by atoms with E-state index < -0.39 is 7.12 Å². The van der Waals surface area contributed by atoms with E-state index in [1.54, 1.807) is 0 Å². The first-order valence-electron chi connectivity index (χ1n) is 19.8. The highest BCUT2D eigenvalue weighted by Gasteiger charge is 2.23. The lowest BCUT2D eigenvalue weighted by Gasteiger charge is -2.33. The van der Waals surface area contributed by atoms with Crippen molar-refractivity contribution in [2.45, 2.75) is 119 Å². The molecule has 0 saturated heterocycles. The fourth-order valence-electron chi connectivity index (χ4n) is 7.98. The summed E-state index contributed by atoms with van der Waals surface area (Å²) in [7, 11) is -0.521. The molecule has 0 fully saturated rings. The molecule has 0 atom stereocenters. The summed E-state index contributed by atoms with van der Waals surface area (Å²) in [5, 5.41) is 0. The smallest absolute Gasteiger partial charge is 0.209 e. The zero-order valence-corrected chi connectivity index (χ0v) is 37.1. The monoisotopic (exact) mass is 788 g/mol. The molecule has 0 saturated carbocycles. The van der Waals surface area contributed by atoms with Crippen LogP contribution in [0.25, 0.3) is 17.1 Å². The lowest BCUT2D eigenvalue weighted by atomic mass is 9.92. The second-order valence-electron chi connectivity index (χ2n) is 16.7. The minimum Gasteiger partial charge on any atom is -0.483 e. The molecule has 3 heterocycles. The molecule has 6 rings (SSSR count). The number of benzene rings is 3. The predicted octanol–water partition coefficient (Wildman–Crippen LogP) is 13.3. The molecule has 0 unspecified atom stereocenters. The van der Waals surface area contributed by atoms with Crippen LogP contribution < -0.4 is 0 Å². The van der Waals surface area contributed by atoms with Crippen molar-refractivity contribution in [1.82, 2.24) is 27.1 Å². The Bertz CT molecular complexity index is 2140. The molecule has 3 aromatic heterocycles. The van der Waals surface area contributed by atoms with E-state index in [1.165, 1.54) is 33.4 Å². The van der Waals surface area contributed by atoms with Gasteiger partial charge in [-0.3, -0.25) is 13.7 Å². The number of para-hydroxylation sites is 3. The van der Waals surface area contributed by atoms with E-state index in [4.69, 9.17) is 36.7 Å². The minimum absolute atomic E-state index is 0.312. The van der Waals surface area contributed by atoms with Crippen LogP contribution >= 0.6 is 36.7 Å². The fourth-order valence-corrected chi connectivity index (χ4v) is 8.90. The van der Waals surface area contributed by atoms with E-state index in [2.05, 4.69) is 202 Å². The van der Waals surface area contributed by atoms with E-state index in [0.717, 1.165) is 17.1 Å². The molecule has 3 aromatic carbocycles. The molecule has 0 aliphatic heterocycles. The average Bonchev–Trinajstić information content (AvgIpc) is 3.83. The normalized spacial score (nSPS) is 12.3. The molecule has 0 bridgehead atoms. The Morgan fingerprint density at radius 2 is 0.545 bits per heavy atom. The van der Waals surface area contributed by atoms with E-state index >= 15 is 0 Å². The van der Waals surface area contributed by atoms with Gasteiger partial charge in [0.25, 0.3) is 0 Å². The molecule has 0 amide bonds. The Kier molecular flexibility index (Phi) is 12.0. The summed E-state index contributed by atoms with van der Waals surface area (Å²) in [4.78, 5) is 0.